The second-order valence-electron chi connectivity index (χ2n) is 9.31. The molecule has 34 heavy (non-hydrogen) atoms. The van der Waals surface area contributed by atoms with Crippen LogP contribution in [0, 0.1) is 5.92 Å². The molecule has 0 aliphatic carbocycles. The Morgan fingerprint density at radius 2 is 1.76 bits per heavy atom. The number of hydrogen-bond acceptors (Lipinski definition) is 7. The quantitative estimate of drug-likeness (QED) is 0.290. The van der Waals surface area contributed by atoms with Crippen molar-refractivity contribution in [3.05, 3.63) is 42.2 Å². The highest BCUT2D eigenvalue weighted by atomic mass is 16.9. The molecule has 186 valence electrons. The predicted octanol–water partition coefficient (Wildman–Crippen LogP) is 6.15. The fourth-order valence-electron chi connectivity index (χ4n) is 3.89. The van der Waals surface area contributed by atoms with Gasteiger partial charge in [0, 0.05) is 23.5 Å². The number of carboxylic acid groups (broad SMARTS) is 1. The van der Waals surface area contributed by atoms with E-state index in [1.807, 2.05) is 12.1 Å². The molecule has 2 heterocycles. The van der Waals surface area contributed by atoms with Crippen molar-refractivity contribution in [2.45, 2.75) is 77.8 Å². The zero-order valence-corrected chi connectivity index (χ0v) is 20.6. The van der Waals surface area contributed by atoms with Crippen molar-refractivity contribution in [2.75, 3.05) is 13.2 Å². The minimum atomic E-state index is -1.50. The molecule has 2 atom stereocenters. The summed E-state index contributed by atoms with van der Waals surface area (Å²) in [6.45, 7) is 8.56. The zero-order valence-electron chi connectivity index (χ0n) is 20.6. The highest BCUT2D eigenvalue weighted by molar-refractivity contribution is 5.62. The summed E-state index contributed by atoms with van der Waals surface area (Å²) in [5.41, 5.74) is 2.25. The summed E-state index contributed by atoms with van der Waals surface area (Å²) in [7, 11) is 0. The van der Waals surface area contributed by atoms with Gasteiger partial charge in [0.25, 0.3) is 5.79 Å². The van der Waals surface area contributed by atoms with Gasteiger partial charge in [0.2, 0.25) is 0 Å². The Labute approximate surface area is 201 Å². The summed E-state index contributed by atoms with van der Waals surface area (Å²) in [6.07, 6.45) is 9.21. The molecule has 0 amide bonds. The summed E-state index contributed by atoms with van der Waals surface area (Å²) in [5, 5.41) is 9.19. The van der Waals surface area contributed by atoms with Gasteiger partial charge < -0.3 is 24.1 Å². The van der Waals surface area contributed by atoms with E-state index in [1.54, 1.807) is 38.4 Å². The lowest BCUT2D eigenvalue weighted by Gasteiger charge is -2.28. The van der Waals surface area contributed by atoms with Crippen LogP contribution in [0.15, 0.2) is 36.7 Å². The number of aromatic nitrogens is 2. The van der Waals surface area contributed by atoms with Crippen molar-refractivity contribution >= 4 is 6.16 Å². The maximum absolute atomic E-state index is 11.3. The van der Waals surface area contributed by atoms with Crippen molar-refractivity contribution in [1.29, 1.82) is 0 Å². The van der Waals surface area contributed by atoms with Crippen molar-refractivity contribution in [3.63, 3.8) is 0 Å². The van der Waals surface area contributed by atoms with Crippen LogP contribution in [0.25, 0.3) is 11.1 Å². The molecule has 1 aromatic carbocycles. The third-order valence-corrected chi connectivity index (χ3v) is 6.08. The predicted molar refractivity (Wildman–Crippen MR) is 127 cm³/mol. The average Bonchev–Trinajstić information content (AvgIpc) is 3.13. The smallest absolute Gasteiger partial charge is 0.463 e. The molecule has 1 aromatic heterocycles. The Morgan fingerprint density at radius 3 is 2.35 bits per heavy atom. The van der Waals surface area contributed by atoms with Gasteiger partial charge in [0.1, 0.15) is 6.61 Å². The lowest BCUT2D eigenvalue weighted by atomic mass is 10.0. The molecule has 8 heteroatoms. The first-order valence-corrected chi connectivity index (χ1v) is 12.0. The van der Waals surface area contributed by atoms with Gasteiger partial charge in [-0.2, -0.15) is 0 Å². The molecule has 0 unspecified atom stereocenters. The third-order valence-electron chi connectivity index (χ3n) is 6.08. The molecular weight excluding hydrogens is 436 g/mol. The standard InChI is InChI=1S/C26H36N2O6/c1-5-19(2)10-8-6-7-9-15-31-23-27-16-21(17-28-23)20-11-13-22(14-12-20)26(33-24(29)30)18-32-25(3,4)34-26/h11-14,16-17,19H,5-10,15,18H2,1-4H3,(H,29,30)/t19-,26+/m0/s1. The molecule has 8 nitrogen and oxygen atoms in total. The first-order chi connectivity index (χ1) is 16.2. The third kappa shape index (κ3) is 7.14. The van der Waals surface area contributed by atoms with Crippen LogP contribution in [-0.2, 0) is 20.0 Å². The van der Waals surface area contributed by atoms with E-state index in [-0.39, 0.29) is 6.61 Å². The van der Waals surface area contributed by atoms with Crippen LogP contribution < -0.4 is 4.74 Å². The molecule has 3 rings (SSSR count). The van der Waals surface area contributed by atoms with Gasteiger partial charge >= 0.3 is 12.2 Å². The Hall–Kier alpha value is -2.71. The van der Waals surface area contributed by atoms with Gasteiger partial charge in [0.15, 0.2) is 5.79 Å². The normalized spacial score (nSPS) is 20.1. The van der Waals surface area contributed by atoms with Gasteiger partial charge in [-0.3, -0.25) is 0 Å². The Kier molecular flexibility index (Phi) is 8.85. The van der Waals surface area contributed by atoms with Crippen molar-refractivity contribution in [1.82, 2.24) is 9.97 Å². The molecule has 1 N–H and O–H groups in total. The monoisotopic (exact) mass is 472 g/mol. The van der Waals surface area contributed by atoms with Gasteiger partial charge in [-0.15, -0.1) is 0 Å². The summed E-state index contributed by atoms with van der Waals surface area (Å²) >= 11 is 0. The van der Waals surface area contributed by atoms with E-state index in [2.05, 4.69) is 23.8 Å². The number of unbranched alkanes of at least 4 members (excludes halogenated alkanes) is 3. The Bertz CT molecular complexity index is 916. The van der Waals surface area contributed by atoms with E-state index in [0.717, 1.165) is 29.9 Å². The molecule has 0 saturated carbocycles. The first-order valence-electron chi connectivity index (χ1n) is 12.0. The maximum Gasteiger partial charge on any atom is 0.508 e. The average molecular weight is 473 g/mol. The van der Waals surface area contributed by atoms with Crippen LogP contribution in [0.2, 0.25) is 0 Å². The first kappa shape index (κ1) is 25.9. The van der Waals surface area contributed by atoms with Crippen LogP contribution in [0.5, 0.6) is 6.01 Å². The second kappa shape index (κ2) is 11.6. The highest BCUT2D eigenvalue weighted by Crippen LogP contribution is 2.40. The Balaban J connectivity index is 1.52. The van der Waals surface area contributed by atoms with Crippen LogP contribution in [0.4, 0.5) is 4.79 Å². The van der Waals surface area contributed by atoms with E-state index in [1.165, 1.54) is 25.7 Å². The minimum absolute atomic E-state index is 0.0291. The van der Waals surface area contributed by atoms with Crippen LogP contribution >= 0.6 is 0 Å². The number of hydrogen-bond donors (Lipinski definition) is 1. The molecular formula is C26H36N2O6. The van der Waals surface area contributed by atoms with E-state index >= 15 is 0 Å². The number of benzene rings is 1. The van der Waals surface area contributed by atoms with Gasteiger partial charge in [-0.1, -0.05) is 70.2 Å². The molecule has 1 saturated heterocycles. The topological polar surface area (TPSA) is 100 Å². The fourth-order valence-corrected chi connectivity index (χ4v) is 3.89. The highest BCUT2D eigenvalue weighted by Gasteiger charge is 2.50. The zero-order chi connectivity index (χ0) is 24.6. The molecule has 0 radical (unpaired) electrons. The lowest BCUT2D eigenvalue weighted by molar-refractivity contribution is -0.240. The summed E-state index contributed by atoms with van der Waals surface area (Å²) in [6, 6.07) is 7.57. The van der Waals surface area contributed by atoms with Crippen LogP contribution in [-0.4, -0.2) is 40.2 Å². The number of carbonyl (C=O) groups is 1. The molecule has 1 aliphatic rings. The maximum atomic E-state index is 11.3. The number of rotatable bonds is 12. The molecule has 0 bridgehead atoms. The van der Waals surface area contributed by atoms with Crippen LogP contribution in [0.3, 0.4) is 0 Å². The van der Waals surface area contributed by atoms with E-state index in [9.17, 15) is 9.90 Å². The number of ether oxygens (including phenoxy) is 4. The fraction of sp³-hybridized carbons (Fsp3) is 0.577. The minimum Gasteiger partial charge on any atom is -0.463 e. The van der Waals surface area contributed by atoms with Crippen LogP contribution in [0.1, 0.15) is 71.8 Å². The van der Waals surface area contributed by atoms with Gasteiger partial charge in [0.05, 0.1) is 6.61 Å². The van der Waals surface area contributed by atoms with E-state index in [0.29, 0.717) is 18.2 Å². The van der Waals surface area contributed by atoms with Crippen molar-refractivity contribution in [2.24, 2.45) is 5.92 Å². The summed E-state index contributed by atoms with van der Waals surface area (Å²) < 4.78 is 22.2. The lowest BCUT2D eigenvalue weighted by Crippen LogP contribution is -2.36. The Morgan fingerprint density at radius 1 is 1.09 bits per heavy atom. The van der Waals surface area contributed by atoms with E-state index in [4.69, 9.17) is 18.9 Å². The van der Waals surface area contributed by atoms with Gasteiger partial charge in [-0.25, -0.2) is 14.8 Å². The molecule has 1 aliphatic heterocycles. The SMILES string of the molecule is CC[C@H](C)CCCCCCOc1ncc(-c2ccc([C@@]3(OC(=O)O)COC(C)(C)O3)cc2)cn1. The largest absolute Gasteiger partial charge is 0.508 e. The second-order valence-corrected chi connectivity index (χ2v) is 9.31. The van der Waals surface area contributed by atoms with Crippen molar-refractivity contribution < 1.29 is 28.8 Å². The summed E-state index contributed by atoms with van der Waals surface area (Å²) in [4.78, 5) is 19.9. The van der Waals surface area contributed by atoms with E-state index < -0.39 is 17.7 Å². The summed E-state index contributed by atoms with van der Waals surface area (Å²) in [5.74, 6) is -1.64. The molecule has 0 spiro atoms. The molecule has 1 fully saturated rings. The van der Waals surface area contributed by atoms with Crippen molar-refractivity contribution in [3.8, 4) is 17.1 Å². The molecule has 2 aromatic rings. The number of nitrogens with zero attached hydrogens (tertiary/aromatic N) is 2. The van der Waals surface area contributed by atoms with Gasteiger partial charge in [-0.05, 0) is 31.7 Å².